The fourth-order valence-corrected chi connectivity index (χ4v) is 7.91. The molecule has 6 rings (SSSR count). The van der Waals surface area contributed by atoms with E-state index in [2.05, 4.69) is 59.2 Å². The highest BCUT2D eigenvalue weighted by Gasteiger charge is 2.30. The van der Waals surface area contributed by atoms with Gasteiger partial charge in [0, 0.05) is 29.4 Å². The van der Waals surface area contributed by atoms with E-state index >= 15 is 0 Å². The molecule has 2 aliphatic rings. The summed E-state index contributed by atoms with van der Waals surface area (Å²) < 4.78 is 11.2. The topological polar surface area (TPSA) is 76.7 Å². The predicted octanol–water partition coefficient (Wildman–Crippen LogP) is 8.00. The molecule has 0 aliphatic heterocycles. The van der Waals surface area contributed by atoms with E-state index in [-0.39, 0.29) is 24.5 Å². The van der Waals surface area contributed by atoms with Crippen LogP contribution in [-0.2, 0) is 9.47 Å². The van der Waals surface area contributed by atoms with Gasteiger partial charge in [-0.05, 0) is 51.4 Å². The Balaban J connectivity index is 0.861. The summed E-state index contributed by atoms with van der Waals surface area (Å²) in [5.74, 6) is 1.38. The Hall–Kier alpha value is -3.88. The van der Waals surface area contributed by atoms with Gasteiger partial charge < -0.3 is 20.1 Å². The van der Waals surface area contributed by atoms with E-state index in [1.54, 1.807) is 28.1 Å². The Labute approximate surface area is 260 Å². The van der Waals surface area contributed by atoms with Gasteiger partial charge in [-0.25, -0.2) is 9.59 Å². The van der Waals surface area contributed by atoms with E-state index in [4.69, 9.17) is 9.47 Å². The molecule has 4 aromatic rings. The lowest BCUT2D eigenvalue weighted by Gasteiger charge is -2.17. The largest absolute Gasteiger partial charge is 0.449 e. The average Bonchev–Trinajstić information content (AvgIpc) is 3.53. The van der Waals surface area contributed by atoms with Gasteiger partial charge in [0.15, 0.2) is 0 Å². The van der Waals surface area contributed by atoms with Crippen LogP contribution in [0.25, 0.3) is 22.3 Å². The number of amides is 2. The quantitative estimate of drug-likeness (QED) is 0.133. The smallest absolute Gasteiger partial charge is 0.407 e. The van der Waals surface area contributed by atoms with Crippen molar-refractivity contribution in [3.05, 3.63) is 126 Å². The second-order valence-electron chi connectivity index (χ2n) is 10.6. The van der Waals surface area contributed by atoms with Crippen LogP contribution in [0.5, 0.6) is 0 Å². The van der Waals surface area contributed by atoms with Gasteiger partial charge in [0.2, 0.25) is 0 Å². The summed E-state index contributed by atoms with van der Waals surface area (Å²) in [4.78, 5) is 24.9. The molecule has 1 atom stereocenters. The van der Waals surface area contributed by atoms with Crippen LogP contribution in [0.2, 0.25) is 0 Å². The van der Waals surface area contributed by atoms with Crippen molar-refractivity contribution in [1.29, 1.82) is 0 Å². The lowest BCUT2D eigenvalue weighted by atomic mass is 9.98. The van der Waals surface area contributed by atoms with Crippen LogP contribution in [0.4, 0.5) is 9.59 Å². The third kappa shape index (κ3) is 6.55. The second kappa shape index (κ2) is 13.6. The molecular formula is C35H33N2O4S2. The zero-order chi connectivity index (χ0) is 29.6. The predicted molar refractivity (Wildman–Crippen MR) is 175 cm³/mol. The van der Waals surface area contributed by atoms with E-state index in [9.17, 15) is 9.59 Å². The number of carbonyl (C=O) groups excluding carboxylic acids is 2. The molecule has 4 aromatic carbocycles. The first-order valence-electron chi connectivity index (χ1n) is 14.4. The Kier molecular flexibility index (Phi) is 9.24. The molecule has 0 heterocycles. The first-order chi connectivity index (χ1) is 21.1. The molecule has 0 fully saturated rings. The minimum absolute atomic E-state index is 0.0357. The van der Waals surface area contributed by atoms with E-state index in [1.807, 2.05) is 55.5 Å². The Morgan fingerprint density at radius 3 is 1.56 bits per heavy atom. The van der Waals surface area contributed by atoms with Gasteiger partial charge in [0.05, 0.1) is 6.54 Å². The molecule has 0 bridgehead atoms. The minimum Gasteiger partial charge on any atom is -0.449 e. The van der Waals surface area contributed by atoms with Crippen molar-refractivity contribution >= 4 is 33.8 Å². The number of alkyl carbamates (subject to hydrolysis) is 2. The fourth-order valence-electron chi connectivity index (χ4n) is 5.88. The molecule has 2 amide bonds. The van der Waals surface area contributed by atoms with Crippen molar-refractivity contribution < 1.29 is 19.1 Å². The molecule has 0 spiro atoms. The summed E-state index contributed by atoms with van der Waals surface area (Å²) in [6, 6.07) is 33.1. The minimum atomic E-state index is -0.460. The van der Waals surface area contributed by atoms with Crippen LogP contribution < -0.4 is 10.6 Å². The highest BCUT2D eigenvalue weighted by molar-refractivity contribution is 8.76. The molecule has 6 nitrogen and oxygen atoms in total. The maximum Gasteiger partial charge on any atom is 0.407 e. The molecule has 0 saturated carbocycles. The van der Waals surface area contributed by atoms with Crippen molar-refractivity contribution in [2.45, 2.75) is 24.8 Å². The van der Waals surface area contributed by atoms with Gasteiger partial charge in [-0.1, -0.05) is 119 Å². The van der Waals surface area contributed by atoms with Crippen molar-refractivity contribution in [3.63, 3.8) is 0 Å². The molecule has 2 aliphatic carbocycles. The average molecular weight is 610 g/mol. The van der Waals surface area contributed by atoms with Gasteiger partial charge in [-0.2, -0.15) is 0 Å². The van der Waals surface area contributed by atoms with E-state index in [0.29, 0.717) is 18.1 Å². The SMILES string of the molecule is C[C@H](CSSC[CH]NC(=O)OCC1c2ccccc2-c2ccccc21)NC(=O)OCC1c2ccccc2-c2ccccc21. The molecular weight excluding hydrogens is 577 g/mol. The Morgan fingerprint density at radius 2 is 1.09 bits per heavy atom. The fraction of sp³-hybridized carbons (Fsp3) is 0.229. The number of carbonyl (C=O) groups is 2. The molecule has 0 saturated heterocycles. The summed E-state index contributed by atoms with van der Waals surface area (Å²) in [6.07, 6.45) is -0.874. The monoisotopic (exact) mass is 609 g/mol. The highest BCUT2D eigenvalue weighted by atomic mass is 33.1. The van der Waals surface area contributed by atoms with Gasteiger partial charge in [0.25, 0.3) is 0 Å². The van der Waals surface area contributed by atoms with Crippen molar-refractivity contribution in [3.8, 4) is 22.3 Å². The lowest BCUT2D eigenvalue weighted by molar-refractivity contribution is 0.140. The second-order valence-corrected chi connectivity index (χ2v) is 13.2. The Morgan fingerprint density at radius 1 is 0.674 bits per heavy atom. The Bertz CT molecular complexity index is 1520. The van der Waals surface area contributed by atoms with E-state index in [1.165, 1.54) is 44.5 Å². The zero-order valence-electron chi connectivity index (χ0n) is 23.8. The molecule has 2 N–H and O–H groups in total. The summed E-state index contributed by atoms with van der Waals surface area (Å²) in [6.45, 7) is 4.23. The standard InChI is InChI=1S/C35H33N2O4S2/c1-23(37-35(39)41-21-33-30-16-8-4-12-26(30)27-13-5-9-17-31(27)33)22-43-42-19-18-36-34(38)40-20-32-28-14-6-2-10-24(28)25-11-3-7-15-29(25)32/h2-18,23,32-33H,19-22H2,1H3,(H,36,38)(H,37,39)/t23-/m1/s1. The first kappa shape index (κ1) is 29.2. The van der Waals surface area contributed by atoms with Crippen LogP contribution in [-0.4, -0.2) is 42.9 Å². The summed E-state index contributed by atoms with van der Waals surface area (Å²) in [5.41, 5.74) is 9.59. The highest BCUT2D eigenvalue weighted by Crippen LogP contribution is 2.45. The van der Waals surface area contributed by atoms with Crippen LogP contribution in [0.3, 0.4) is 0 Å². The number of rotatable bonds is 11. The number of hydrogen-bond acceptors (Lipinski definition) is 6. The van der Waals surface area contributed by atoms with Gasteiger partial charge in [0.1, 0.15) is 13.2 Å². The van der Waals surface area contributed by atoms with Crippen molar-refractivity contribution in [1.82, 2.24) is 10.6 Å². The number of hydrogen-bond donors (Lipinski definition) is 2. The number of nitrogens with one attached hydrogen (secondary N) is 2. The van der Waals surface area contributed by atoms with Crippen molar-refractivity contribution in [2.24, 2.45) is 0 Å². The molecule has 0 unspecified atom stereocenters. The maximum atomic E-state index is 12.5. The van der Waals surface area contributed by atoms with Gasteiger partial charge in [-0.15, -0.1) is 0 Å². The molecule has 43 heavy (non-hydrogen) atoms. The number of ether oxygens (including phenoxy) is 2. The summed E-state index contributed by atoms with van der Waals surface area (Å²) in [7, 11) is 3.21. The number of fused-ring (bicyclic) bond motifs is 6. The van der Waals surface area contributed by atoms with Crippen molar-refractivity contribution in [2.75, 3.05) is 24.7 Å². The molecule has 1 radical (unpaired) electrons. The summed E-state index contributed by atoms with van der Waals surface area (Å²) >= 11 is 0. The van der Waals surface area contributed by atoms with E-state index < -0.39 is 12.2 Å². The third-order valence-corrected chi connectivity index (χ3v) is 10.2. The molecule has 219 valence electrons. The summed E-state index contributed by atoms with van der Waals surface area (Å²) in [5, 5.41) is 5.65. The van der Waals surface area contributed by atoms with Crippen LogP contribution in [0, 0.1) is 6.54 Å². The van der Waals surface area contributed by atoms with Crippen LogP contribution in [0.1, 0.15) is 41.0 Å². The van der Waals surface area contributed by atoms with Gasteiger partial charge >= 0.3 is 12.2 Å². The zero-order valence-corrected chi connectivity index (χ0v) is 25.5. The van der Waals surface area contributed by atoms with E-state index in [0.717, 1.165) is 0 Å². The molecule has 8 heteroatoms. The van der Waals surface area contributed by atoms with Crippen LogP contribution >= 0.6 is 21.6 Å². The first-order valence-corrected chi connectivity index (χ1v) is 16.9. The third-order valence-electron chi connectivity index (χ3n) is 7.82. The number of benzene rings is 4. The maximum absolute atomic E-state index is 12.5. The lowest BCUT2D eigenvalue weighted by Crippen LogP contribution is -2.35. The van der Waals surface area contributed by atoms with Gasteiger partial charge in [-0.3, -0.25) is 0 Å². The molecule has 0 aromatic heterocycles. The van der Waals surface area contributed by atoms with Crippen LogP contribution in [0.15, 0.2) is 97.1 Å². The normalized spacial score (nSPS) is 13.8.